The van der Waals surface area contributed by atoms with E-state index in [-0.39, 0.29) is 0 Å². The summed E-state index contributed by atoms with van der Waals surface area (Å²) >= 11 is 6.07. The van der Waals surface area contributed by atoms with E-state index in [9.17, 15) is 0 Å². The molecule has 1 heterocycles. The van der Waals surface area contributed by atoms with Crippen LogP contribution in [-0.2, 0) is 16.9 Å². The largest absolute Gasteiger partial charge is 0.361 e. The van der Waals surface area contributed by atoms with Gasteiger partial charge in [-0.05, 0) is 74.4 Å². The molecule has 0 aromatic heterocycles. The molecule has 124 valence electrons. The van der Waals surface area contributed by atoms with Crippen LogP contribution in [0.4, 0.5) is 0 Å². The number of ether oxygens (including phenoxy) is 1. The minimum absolute atomic E-state index is 0.454. The topological polar surface area (TPSA) is 36.3 Å². The smallest absolute Gasteiger partial charge is 0.119 e. The van der Waals surface area contributed by atoms with E-state index in [4.69, 9.17) is 21.6 Å². The molecule has 1 unspecified atom stereocenters. The summed E-state index contributed by atoms with van der Waals surface area (Å²) in [6.45, 7) is 1.54. The summed E-state index contributed by atoms with van der Waals surface area (Å²) in [4.78, 5) is 2.18. The molecule has 3 rings (SSSR count). The fourth-order valence-electron chi connectivity index (χ4n) is 3.41. The second-order valence-electron chi connectivity index (χ2n) is 6.51. The van der Waals surface area contributed by atoms with Crippen LogP contribution in [0.5, 0.6) is 0 Å². The average molecular weight is 341 g/mol. The van der Waals surface area contributed by atoms with Gasteiger partial charge in [-0.2, -0.15) is 5.26 Å². The fourth-order valence-corrected chi connectivity index (χ4v) is 3.53. The first-order chi connectivity index (χ1) is 11.5. The standard InChI is InChI=1S/C20H21ClN2O/c1-23(2)11-3-10-20(17-5-7-18(21)8-6-17)19-9-4-15(13-22)12-16(19)14-24-20/h4-9,12H,3,10-11,14H2,1-2H3. The SMILES string of the molecule is CN(C)CCCC1(c2ccc(Cl)cc2)OCc2cc(C#N)ccc21. The van der Waals surface area contributed by atoms with Crippen molar-refractivity contribution in [3.05, 3.63) is 69.7 Å². The van der Waals surface area contributed by atoms with Crippen molar-refractivity contribution < 1.29 is 4.74 Å². The number of hydrogen-bond acceptors (Lipinski definition) is 3. The number of nitrogens with zero attached hydrogens (tertiary/aromatic N) is 2. The van der Waals surface area contributed by atoms with Crippen molar-refractivity contribution in [2.24, 2.45) is 0 Å². The number of halogens is 1. The molecular weight excluding hydrogens is 320 g/mol. The number of hydrogen-bond donors (Lipinski definition) is 0. The number of fused-ring (bicyclic) bond motifs is 1. The molecule has 0 amide bonds. The Bertz CT molecular complexity index is 764. The predicted octanol–water partition coefficient (Wildman–Crippen LogP) is 4.33. The molecule has 2 aromatic rings. The molecule has 0 N–H and O–H groups in total. The van der Waals surface area contributed by atoms with Crippen LogP contribution in [0.15, 0.2) is 42.5 Å². The van der Waals surface area contributed by atoms with Crippen LogP contribution in [0.3, 0.4) is 0 Å². The van der Waals surface area contributed by atoms with E-state index in [1.54, 1.807) is 0 Å². The second kappa shape index (κ2) is 6.94. The van der Waals surface area contributed by atoms with Crippen LogP contribution in [-0.4, -0.2) is 25.5 Å². The average Bonchev–Trinajstić information content (AvgIpc) is 2.94. The second-order valence-corrected chi connectivity index (χ2v) is 6.95. The summed E-state index contributed by atoms with van der Waals surface area (Å²) in [5.74, 6) is 0. The Morgan fingerprint density at radius 1 is 1.21 bits per heavy atom. The summed E-state index contributed by atoms with van der Waals surface area (Å²) in [6, 6.07) is 16.0. The Balaban J connectivity index is 2.02. The number of rotatable bonds is 5. The third-order valence-electron chi connectivity index (χ3n) is 4.59. The minimum atomic E-state index is -0.454. The molecule has 3 nitrogen and oxygen atoms in total. The van der Waals surface area contributed by atoms with Gasteiger partial charge in [-0.1, -0.05) is 29.8 Å². The van der Waals surface area contributed by atoms with Crippen LogP contribution < -0.4 is 0 Å². The molecule has 0 aliphatic carbocycles. The highest BCUT2D eigenvalue weighted by Gasteiger charge is 2.41. The van der Waals surface area contributed by atoms with E-state index in [1.165, 1.54) is 5.56 Å². The van der Waals surface area contributed by atoms with Gasteiger partial charge in [0.1, 0.15) is 5.60 Å². The Morgan fingerprint density at radius 3 is 2.62 bits per heavy atom. The van der Waals surface area contributed by atoms with Gasteiger partial charge in [-0.15, -0.1) is 0 Å². The zero-order valence-electron chi connectivity index (χ0n) is 14.1. The van der Waals surface area contributed by atoms with Crippen LogP contribution in [0, 0.1) is 11.3 Å². The lowest BCUT2D eigenvalue weighted by molar-refractivity contribution is -0.0139. The van der Waals surface area contributed by atoms with Crippen LogP contribution in [0.1, 0.15) is 35.1 Å². The van der Waals surface area contributed by atoms with Crippen molar-refractivity contribution in [2.75, 3.05) is 20.6 Å². The maximum Gasteiger partial charge on any atom is 0.119 e. The molecule has 1 aliphatic heterocycles. The monoisotopic (exact) mass is 340 g/mol. The zero-order chi connectivity index (χ0) is 17.2. The van der Waals surface area contributed by atoms with E-state index < -0.39 is 5.60 Å². The highest BCUT2D eigenvalue weighted by Crippen LogP contribution is 2.45. The normalized spacial score (nSPS) is 19.3. The molecule has 0 radical (unpaired) electrons. The molecule has 4 heteroatoms. The van der Waals surface area contributed by atoms with Crippen LogP contribution >= 0.6 is 11.6 Å². The van der Waals surface area contributed by atoms with Crippen molar-refractivity contribution in [2.45, 2.75) is 25.0 Å². The molecule has 1 aliphatic rings. The van der Waals surface area contributed by atoms with Gasteiger partial charge in [0.15, 0.2) is 0 Å². The highest BCUT2D eigenvalue weighted by molar-refractivity contribution is 6.30. The van der Waals surface area contributed by atoms with Gasteiger partial charge in [-0.3, -0.25) is 0 Å². The first-order valence-corrected chi connectivity index (χ1v) is 8.51. The molecule has 2 aromatic carbocycles. The Labute approximate surface area is 148 Å². The van der Waals surface area contributed by atoms with Crippen molar-refractivity contribution in [1.82, 2.24) is 4.90 Å². The maximum absolute atomic E-state index is 9.14. The molecule has 0 saturated heterocycles. The minimum Gasteiger partial charge on any atom is -0.361 e. The predicted molar refractivity (Wildman–Crippen MR) is 96.0 cm³/mol. The lowest BCUT2D eigenvalue weighted by Gasteiger charge is -2.31. The van der Waals surface area contributed by atoms with Crippen molar-refractivity contribution >= 4 is 11.6 Å². The van der Waals surface area contributed by atoms with Crippen molar-refractivity contribution in [3.63, 3.8) is 0 Å². The number of nitriles is 1. The molecule has 0 saturated carbocycles. The van der Waals surface area contributed by atoms with E-state index in [2.05, 4.69) is 25.1 Å². The van der Waals surface area contributed by atoms with Gasteiger partial charge in [0.2, 0.25) is 0 Å². The summed E-state index contributed by atoms with van der Waals surface area (Å²) in [6.07, 6.45) is 1.92. The number of benzene rings is 2. The Kier molecular flexibility index (Phi) is 4.91. The van der Waals surface area contributed by atoms with E-state index >= 15 is 0 Å². The molecule has 0 fully saturated rings. The van der Waals surface area contributed by atoms with Gasteiger partial charge in [0.05, 0.1) is 18.2 Å². The van der Waals surface area contributed by atoms with Gasteiger partial charge in [0.25, 0.3) is 0 Å². The molecule has 0 bridgehead atoms. The van der Waals surface area contributed by atoms with E-state index in [1.807, 2.05) is 42.5 Å². The first-order valence-electron chi connectivity index (χ1n) is 8.13. The summed E-state index contributed by atoms with van der Waals surface area (Å²) in [5.41, 5.74) is 3.62. The van der Waals surface area contributed by atoms with Gasteiger partial charge < -0.3 is 9.64 Å². The zero-order valence-corrected chi connectivity index (χ0v) is 14.8. The maximum atomic E-state index is 9.14. The Hall–Kier alpha value is -1.86. The molecule has 0 spiro atoms. The molecular formula is C20H21ClN2O. The Morgan fingerprint density at radius 2 is 1.96 bits per heavy atom. The quantitative estimate of drug-likeness (QED) is 0.813. The first kappa shape index (κ1) is 17.0. The van der Waals surface area contributed by atoms with Crippen molar-refractivity contribution in [1.29, 1.82) is 5.26 Å². The van der Waals surface area contributed by atoms with Gasteiger partial charge in [-0.25, -0.2) is 0 Å². The lowest BCUT2D eigenvalue weighted by atomic mass is 9.81. The van der Waals surface area contributed by atoms with E-state index in [0.29, 0.717) is 12.2 Å². The summed E-state index contributed by atoms with van der Waals surface area (Å²) in [5, 5.41) is 9.86. The summed E-state index contributed by atoms with van der Waals surface area (Å²) in [7, 11) is 4.16. The molecule has 24 heavy (non-hydrogen) atoms. The fraction of sp³-hybridized carbons (Fsp3) is 0.350. The van der Waals surface area contributed by atoms with Gasteiger partial charge in [0, 0.05) is 5.02 Å². The van der Waals surface area contributed by atoms with Crippen LogP contribution in [0.2, 0.25) is 5.02 Å². The van der Waals surface area contributed by atoms with E-state index in [0.717, 1.165) is 35.5 Å². The summed E-state index contributed by atoms with van der Waals surface area (Å²) < 4.78 is 6.35. The van der Waals surface area contributed by atoms with Crippen molar-refractivity contribution in [3.8, 4) is 6.07 Å². The van der Waals surface area contributed by atoms with Crippen LogP contribution in [0.25, 0.3) is 0 Å². The third-order valence-corrected chi connectivity index (χ3v) is 4.84. The third kappa shape index (κ3) is 3.18. The lowest BCUT2D eigenvalue weighted by Crippen LogP contribution is -2.28. The van der Waals surface area contributed by atoms with Gasteiger partial charge >= 0.3 is 0 Å². The molecule has 1 atom stereocenters. The highest BCUT2D eigenvalue weighted by atomic mass is 35.5.